The molecule has 0 aliphatic heterocycles. The van der Waals surface area contributed by atoms with Crippen molar-refractivity contribution >= 4 is 23.4 Å². The van der Waals surface area contributed by atoms with E-state index in [0.29, 0.717) is 28.3 Å². The van der Waals surface area contributed by atoms with Gasteiger partial charge in [-0.2, -0.15) is 0 Å². The van der Waals surface area contributed by atoms with Gasteiger partial charge in [0.1, 0.15) is 11.0 Å². The van der Waals surface area contributed by atoms with Crippen molar-refractivity contribution in [2.75, 3.05) is 0 Å². The van der Waals surface area contributed by atoms with Gasteiger partial charge in [0.15, 0.2) is 11.0 Å². The summed E-state index contributed by atoms with van der Waals surface area (Å²) in [6.07, 6.45) is 3.91. The van der Waals surface area contributed by atoms with Crippen molar-refractivity contribution in [3.8, 4) is 11.4 Å². The second-order valence-electron chi connectivity index (χ2n) is 5.67. The molecule has 122 valence electrons. The molecule has 0 bridgehead atoms. The minimum absolute atomic E-state index is 0.273. The molecule has 0 spiro atoms. The summed E-state index contributed by atoms with van der Waals surface area (Å²) >= 11 is 7.39. The second-order valence-corrected chi connectivity index (χ2v) is 6.99. The van der Waals surface area contributed by atoms with Crippen molar-refractivity contribution in [3.63, 3.8) is 0 Å². The quantitative estimate of drug-likeness (QED) is 0.486. The Bertz CT molecular complexity index is 861. The van der Waals surface area contributed by atoms with Gasteiger partial charge in [0, 0.05) is 18.0 Å². The molecule has 7 heteroatoms. The Balaban J connectivity index is 1.62. The SMILES string of the molecule is Fc1ccccc1-c1nnc(SCc2ccc(Cl)nc2)n1C1CC1. The fourth-order valence-electron chi connectivity index (χ4n) is 2.50. The number of halogens is 2. The van der Waals surface area contributed by atoms with Crippen LogP contribution in [0.2, 0.25) is 5.15 Å². The van der Waals surface area contributed by atoms with Crippen LogP contribution in [0.3, 0.4) is 0 Å². The molecule has 1 aromatic carbocycles. The third kappa shape index (κ3) is 3.16. The van der Waals surface area contributed by atoms with Gasteiger partial charge in [0.25, 0.3) is 0 Å². The Morgan fingerprint density at radius 1 is 1.17 bits per heavy atom. The third-order valence-corrected chi connectivity index (χ3v) is 5.09. The van der Waals surface area contributed by atoms with Crippen LogP contribution in [0.25, 0.3) is 11.4 Å². The predicted molar refractivity (Wildman–Crippen MR) is 92.5 cm³/mol. The molecule has 1 saturated carbocycles. The van der Waals surface area contributed by atoms with E-state index in [1.54, 1.807) is 36.2 Å². The third-order valence-electron chi connectivity index (χ3n) is 3.85. The zero-order chi connectivity index (χ0) is 16.5. The highest BCUT2D eigenvalue weighted by molar-refractivity contribution is 7.98. The van der Waals surface area contributed by atoms with E-state index in [-0.39, 0.29) is 5.82 Å². The molecule has 2 aromatic heterocycles. The Morgan fingerprint density at radius 3 is 2.71 bits per heavy atom. The Morgan fingerprint density at radius 2 is 2.00 bits per heavy atom. The van der Waals surface area contributed by atoms with Gasteiger partial charge in [-0.15, -0.1) is 10.2 Å². The standard InChI is InChI=1S/C17H14ClFN4S/c18-15-8-5-11(9-20-15)10-24-17-22-21-16(23(17)12-6-7-12)13-3-1-2-4-14(13)19/h1-5,8-9,12H,6-7,10H2. The molecule has 24 heavy (non-hydrogen) atoms. The van der Waals surface area contributed by atoms with Crippen LogP contribution >= 0.6 is 23.4 Å². The molecule has 0 amide bonds. The molecule has 1 aliphatic rings. The van der Waals surface area contributed by atoms with Crippen molar-refractivity contribution in [1.29, 1.82) is 0 Å². The highest BCUT2D eigenvalue weighted by Gasteiger charge is 2.30. The minimum Gasteiger partial charge on any atom is -0.299 e. The van der Waals surface area contributed by atoms with Gasteiger partial charge in [-0.3, -0.25) is 4.57 Å². The van der Waals surface area contributed by atoms with E-state index in [0.717, 1.165) is 23.6 Å². The van der Waals surface area contributed by atoms with Crippen LogP contribution in [-0.4, -0.2) is 19.7 Å². The lowest BCUT2D eigenvalue weighted by atomic mass is 10.2. The van der Waals surface area contributed by atoms with Crippen LogP contribution in [0.4, 0.5) is 4.39 Å². The largest absolute Gasteiger partial charge is 0.299 e. The van der Waals surface area contributed by atoms with Crippen LogP contribution in [0.15, 0.2) is 47.8 Å². The maximum atomic E-state index is 14.1. The highest BCUT2D eigenvalue weighted by Crippen LogP contribution is 2.41. The first kappa shape index (κ1) is 15.6. The Kier molecular flexibility index (Phi) is 4.24. The van der Waals surface area contributed by atoms with E-state index in [1.165, 1.54) is 6.07 Å². The summed E-state index contributed by atoms with van der Waals surface area (Å²) in [6.45, 7) is 0. The lowest BCUT2D eigenvalue weighted by molar-refractivity contribution is 0.622. The van der Waals surface area contributed by atoms with Gasteiger partial charge in [-0.1, -0.05) is 41.6 Å². The lowest BCUT2D eigenvalue weighted by Crippen LogP contribution is -2.01. The number of pyridine rings is 1. The molecular weight excluding hydrogens is 347 g/mol. The highest BCUT2D eigenvalue weighted by atomic mass is 35.5. The second kappa shape index (κ2) is 6.53. The zero-order valence-electron chi connectivity index (χ0n) is 12.7. The van der Waals surface area contributed by atoms with Crippen molar-refractivity contribution in [2.24, 2.45) is 0 Å². The monoisotopic (exact) mass is 360 g/mol. The Hall–Kier alpha value is -1.92. The first-order chi connectivity index (χ1) is 11.7. The topological polar surface area (TPSA) is 43.6 Å². The summed E-state index contributed by atoms with van der Waals surface area (Å²) in [7, 11) is 0. The van der Waals surface area contributed by atoms with Crippen molar-refractivity contribution in [3.05, 3.63) is 59.1 Å². The Labute approximate surface area is 148 Å². The number of rotatable bonds is 5. The van der Waals surface area contributed by atoms with E-state index in [2.05, 4.69) is 19.7 Å². The van der Waals surface area contributed by atoms with Gasteiger partial charge in [-0.05, 0) is 36.6 Å². The van der Waals surface area contributed by atoms with Crippen LogP contribution in [0.5, 0.6) is 0 Å². The average Bonchev–Trinajstić information content (AvgIpc) is 3.35. The molecule has 3 aromatic rings. The zero-order valence-corrected chi connectivity index (χ0v) is 14.3. The fraction of sp³-hybridized carbons (Fsp3) is 0.235. The lowest BCUT2D eigenvalue weighted by Gasteiger charge is -2.09. The van der Waals surface area contributed by atoms with Crippen molar-refractivity contribution in [1.82, 2.24) is 19.7 Å². The van der Waals surface area contributed by atoms with Crippen molar-refractivity contribution in [2.45, 2.75) is 29.8 Å². The summed E-state index contributed by atoms with van der Waals surface area (Å²) in [5.74, 6) is 1.05. The van der Waals surface area contributed by atoms with Crippen LogP contribution in [0, 0.1) is 5.82 Å². The van der Waals surface area contributed by atoms with Crippen LogP contribution in [0.1, 0.15) is 24.4 Å². The van der Waals surface area contributed by atoms with E-state index < -0.39 is 0 Å². The molecule has 0 radical (unpaired) electrons. The summed E-state index contributed by atoms with van der Waals surface area (Å²) in [4.78, 5) is 4.09. The summed E-state index contributed by atoms with van der Waals surface area (Å²) < 4.78 is 16.2. The number of hydrogen-bond donors (Lipinski definition) is 0. The number of benzene rings is 1. The first-order valence-corrected chi connectivity index (χ1v) is 9.02. The number of nitrogens with zero attached hydrogens (tertiary/aromatic N) is 4. The molecule has 4 rings (SSSR count). The molecule has 4 nitrogen and oxygen atoms in total. The van der Waals surface area contributed by atoms with Gasteiger partial charge in [0.2, 0.25) is 0 Å². The molecule has 1 aliphatic carbocycles. The number of thioether (sulfide) groups is 1. The maximum Gasteiger partial charge on any atom is 0.192 e. The van der Waals surface area contributed by atoms with Gasteiger partial charge < -0.3 is 0 Å². The molecule has 0 unspecified atom stereocenters. The smallest absolute Gasteiger partial charge is 0.192 e. The molecule has 0 saturated heterocycles. The first-order valence-electron chi connectivity index (χ1n) is 7.65. The van der Waals surface area contributed by atoms with E-state index in [1.807, 2.05) is 12.1 Å². The molecular formula is C17H14ClFN4S. The van der Waals surface area contributed by atoms with Gasteiger partial charge >= 0.3 is 0 Å². The van der Waals surface area contributed by atoms with Crippen molar-refractivity contribution < 1.29 is 4.39 Å². The number of aromatic nitrogens is 4. The predicted octanol–water partition coefficient (Wildman–Crippen LogP) is 4.76. The summed E-state index contributed by atoms with van der Waals surface area (Å²) in [6, 6.07) is 10.8. The van der Waals surface area contributed by atoms with E-state index in [4.69, 9.17) is 11.6 Å². The average molecular weight is 361 g/mol. The van der Waals surface area contributed by atoms with E-state index in [9.17, 15) is 4.39 Å². The summed E-state index contributed by atoms with van der Waals surface area (Å²) in [5, 5.41) is 9.83. The van der Waals surface area contributed by atoms with Gasteiger partial charge in [0.05, 0.1) is 5.56 Å². The van der Waals surface area contributed by atoms with E-state index >= 15 is 0 Å². The molecule has 1 fully saturated rings. The fourth-order valence-corrected chi connectivity index (χ4v) is 3.55. The molecule has 0 N–H and O–H groups in total. The number of hydrogen-bond acceptors (Lipinski definition) is 4. The molecule has 0 atom stereocenters. The van der Waals surface area contributed by atoms with Crippen LogP contribution < -0.4 is 0 Å². The van der Waals surface area contributed by atoms with Crippen LogP contribution in [-0.2, 0) is 5.75 Å². The molecule has 2 heterocycles. The minimum atomic E-state index is -0.273. The normalized spacial score (nSPS) is 14.1. The summed E-state index contributed by atoms with van der Waals surface area (Å²) in [5.41, 5.74) is 1.55. The maximum absolute atomic E-state index is 14.1. The van der Waals surface area contributed by atoms with Gasteiger partial charge in [-0.25, -0.2) is 9.37 Å².